The van der Waals surface area contributed by atoms with Crippen LogP contribution in [0.1, 0.15) is 5.69 Å². The molecule has 9 heteroatoms. The minimum absolute atomic E-state index is 0.296. The van der Waals surface area contributed by atoms with Gasteiger partial charge < -0.3 is 5.73 Å². The Morgan fingerprint density at radius 1 is 1.00 bits per heavy atom. The average Bonchev–Trinajstić information content (AvgIpc) is 3.22. The molecule has 0 saturated heterocycles. The number of rotatable bonds is 6. The van der Waals surface area contributed by atoms with Crippen LogP contribution in [-0.4, -0.2) is 20.7 Å². The van der Waals surface area contributed by atoms with E-state index >= 15 is 0 Å². The van der Waals surface area contributed by atoms with Crippen LogP contribution in [-0.2, 0) is 6.54 Å². The van der Waals surface area contributed by atoms with Gasteiger partial charge in [-0.1, -0.05) is 41.4 Å². The highest BCUT2D eigenvalue weighted by Gasteiger charge is 2.12. The predicted octanol–water partition coefficient (Wildman–Crippen LogP) is 5.35. The molecule has 2 aromatic carbocycles. The molecule has 31 heavy (non-hydrogen) atoms. The third-order valence-corrected chi connectivity index (χ3v) is 5.55. The quantitative estimate of drug-likeness (QED) is 0.226. The number of hydrogen-bond acceptors (Lipinski definition) is 4. The second-order valence-electron chi connectivity index (χ2n) is 6.49. The molecular weight excluding hydrogens is 451 g/mol. The fourth-order valence-corrected chi connectivity index (χ4v) is 3.61. The molecule has 156 valence electrons. The van der Waals surface area contributed by atoms with E-state index in [1.807, 2.05) is 77.5 Å². The van der Waals surface area contributed by atoms with Gasteiger partial charge >= 0.3 is 0 Å². The molecule has 0 saturated carbocycles. The molecule has 0 bridgehead atoms. The summed E-state index contributed by atoms with van der Waals surface area (Å²) in [7, 11) is 0. The van der Waals surface area contributed by atoms with E-state index in [-0.39, 0.29) is 0 Å². The zero-order valence-corrected chi connectivity index (χ0v) is 18.6. The van der Waals surface area contributed by atoms with Crippen LogP contribution in [0.3, 0.4) is 0 Å². The number of nitrogens with zero attached hydrogens (tertiary/aromatic N) is 4. The average molecular weight is 469 g/mol. The van der Waals surface area contributed by atoms with Gasteiger partial charge in [0.15, 0.2) is 5.96 Å². The number of benzene rings is 2. The van der Waals surface area contributed by atoms with Gasteiger partial charge in [0.05, 0.1) is 23.6 Å². The molecule has 0 unspecified atom stereocenters. The first kappa shape index (κ1) is 21.2. The number of nitrogens with two attached hydrogens (primary N) is 1. The Labute approximate surface area is 194 Å². The van der Waals surface area contributed by atoms with Gasteiger partial charge in [-0.2, -0.15) is 5.10 Å². The van der Waals surface area contributed by atoms with Gasteiger partial charge in [0.2, 0.25) is 0 Å². The number of hydrogen-bond donors (Lipinski definition) is 2. The van der Waals surface area contributed by atoms with Crippen LogP contribution in [0.25, 0.3) is 16.9 Å². The highest BCUT2D eigenvalue weighted by molar-refractivity contribution is 7.97. The van der Waals surface area contributed by atoms with Crippen molar-refractivity contribution < 1.29 is 0 Å². The summed E-state index contributed by atoms with van der Waals surface area (Å²) >= 11 is 13.4. The Morgan fingerprint density at radius 2 is 1.71 bits per heavy atom. The summed E-state index contributed by atoms with van der Waals surface area (Å²) in [5, 5.41) is 6.87. The fraction of sp³-hybridized carbons (Fsp3) is 0.0455. The van der Waals surface area contributed by atoms with Gasteiger partial charge in [0.25, 0.3) is 0 Å². The van der Waals surface area contributed by atoms with E-state index in [9.17, 15) is 0 Å². The molecule has 0 fully saturated rings. The van der Waals surface area contributed by atoms with Gasteiger partial charge in [-0.3, -0.25) is 4.72 Å². The normalized spacial score (nSPS) is 11.5. The van der Waals surface area contributed by atoms with Crippen molar-refractivity contribution in [2.75, 3.05) is 0 Å². The van der Waals surface area contributed by atoms with E-state index in [2.05, 4.69) is 14.7 Å². The van der Waals surface area contributed by atoms with Gasteiger partial charge in [0.1, 0.15) is 5.03 Å². The van der Waals surface area contributed by atoms with Crippen LogP contribution in [0.4, 0.5) is 0 Å². The first-order valence-corrected chi connectivity index (χ1v) is 10.9. The largest absolute Gasteiger partial charge is 0.369 e. The number of guanidine groups is 1. The van der Waals surface area contributed by atoms with E-state index in [0.29, 0.717) is 22.5 Å². The van der Waals surface area contributed by atoms with Gasteiger partial charge in [0, 0.05) is 33.8 Å². The Balaban J connectivity index is 1.57. The van der Waals surface area contributed by atoms with Crippen LogP contribution in [0.5, 0.6) is 0 Å². The van der Waals surface area contributed by atoms with Crippen LogP contribution in [0.2, 0.25) is 10.0 Å². The molecule has 3 N–H and O–H groups in total. The Bertz CT molecular complexity index is 1110. The summed E-state index contributed by atoms with van der Waals surface area (Å²) in [6, 6.07) is 22.8. The first-order valence-electron chi connectivity index (χ1n) is 9.33. The molecule has 2 heterocycles. The molecule has 0 radical (unpaired) electrons. The molecular formula is C22H18Cl2N6S. The molecule has 0 spiro atoms. The summed E-state index contributed by atoms with van der Waals surface area (Å²) in [4.78, 5) is 8.61. The van der Waals surface area contributed by atoms with E-state index in [0.717, 1.165) is 27.7 Å². The number of halogens is 2. The van der Waals surface area contributed by atoms with Crippen molar-refractivity contribution in [2.24, 2.45) is 10.7 Å². The topological polar surface area (TPSA) is 81.1 Å². The van der Waals surface area contributed by atoms with Crippen LogP contribution < -0.4 is 10.5 Å². The summed E-state index contributed by atoms with van der Waals surface area (Å²) in [6.07, 6.45) is 1.72. The number of pyridine rings is 1. The highest BCUT2D eigenvalue weighted by atomic mass is 35.5. The number of nitrogens with one attached hydrogen (secondary N) is 1. The highest BCUT2D eigenvalue weighted by Crippen LogP contribution is 2.26. The third kappa shape index (κ3) is 5.58. The lowest BCUT2D eigenvalue weighted by atomic mass is 10.1. The van der Waals surface area contributed by atoms with Crippen molar-refractivity contribution in [3.05, 3.63) is 94.7 Å². The fourth-order valence-electron chi connectivity index (χ4n) is 2.82. The van der Waals surface area contributed by atoms with E-state index in [1.165, 1.54) is 11.9 Å². The Morgan fingerprint density at radius 3 is 2.39 bits per heavy atom. The second kappa shape index (κ2) is 9.87. The molecule has 0 atom stereocenters. The van der Waals surface area contributed by atoms with Crippen LogP contribution in [0.15, 0.2) is 89.0 Å². The standard InChI is InChI=1S/C22H18Cl2N6S/c23-16-6-4-15(5-7-16)20-13-18(28-30(20)19-10-8-17(24)9-11-19)14-27-22(25)29-31-21-3-1-2-12-26-21/h1-13H,14H2,(H3,25,27,29). The first-order chi connectivity index (χ1) is 15.1. The Hall–Kier alpha value is -3.00. The van der Waals surface area contributed by atoms with Crippen molar-refractivity contribution in [1.29, 1.82) is 0 Å². The molecule has 0 aliphatic heterocycles. The summed E-state index contributed by atoms with van der Waals surface area (Å²) in [6.45, 7) is 0.322. The zero-order valence-electron chi connectivity index (χ0n) is 16.2. The lowest BCUT2D eigenvalue weighted by molar-refractivity contribution is 0.837. The predicted molar refractivity (Wildman–Crippen MR) is 128 cm³/mol. The molecule has 0 aliphatic carbocycles. The maximum absolute atomic E-state index is 6.05. The minimum Gasteiger partial charge on any atom is -0.369 e. The van der Waals surface area contributed by atoms with E-state index < -0.39 is 0 Å². The lowest BCUT2D eigenvalue weighted by Gasteiger charge is -2.08. The van der Waals surface area contributed by atoms with Crippen molar-refractivity contribution >= 4 is 41.1 Å². The summed E-state index contributed by atoms with van der Waals surface area (Å²) < 4.78 is 4.84. The Kier molecular flexibility index (Phi) is 6.76. The number of aromatic nitrogens is 3. The summed E-state index contributed by atoms with van der Waals surface area (Å²) in [5.41, 5.74) is 9.56. The van der Waals surface area contributed by atoms with Gasteiger partial charge in [-0.25, -0.2) is 14.7 Å². The molecule has 0 aliphatic rings. The van der Waals surface area contributed by atoms with Crippen molar-refractivity contribution in [3.8, 4) is 16.9 Å². The molecule has 0 amide bonds. The summed E-state index contributed by atoms with van der Waals surface area (Å²) in [5.74, 6) is 0.296. The number of aliphatic imine (C=N–C) groups is 1. The SMILES string of the molecule is NC(=NCc1cc(-c2ccc(Cl)cc2)n(-c2ccc(Cl)cc2)n1)NSc1ccccn1. The maximum Gasteiger partial charge on any atom is 0.199 e. The van der Waals surface area contributed by atoms with E-state index in [1.54, 1.807) is 6.20 Å². The van der Waals surface area contributed by atoms with Crippen molar-refractivity contribution in [1.82, 2.24) is 19.5 Å². The zero-order chi connectivity index (χ0) is 21.6. The lowest BCUT2D eigenvalue weighted by Crippen LogP contribution is -2.26. The van der Waals surface area contributed by atoms with Crippen molar-refractivity contribution in [3.63, 3.8) is 0 Å². The van der Waals surface area contributed by atoms with Crippen LogP contribution >= 0.6 is 35.1 Å². The third-order valence-electron chi connectivity index (χ3n) is 4.28. The molecule has 6 nitrogen and oxygen atoms in total. The monoisotopic (exact) mass is 468 g/mol. The van der Waals surface area contributed by atoms with Crippen molar-refractivity contribution in [2.45, 2.75) is 11.6 Å². The van der Waals surface area contributed by atoms with Gasteiger partial charge in [-0.15, -0.1) is 0 Å². The van der Waals surface area contributed by atoms with E-state index in [4.69, 9.17) is 34.0 Å². The molecule has 4 rings (SSSR count). The molecule has 2 aromatic heterocycles. The minimum atomic E-state index is 0.296. The van der Waals surface area contributed by atoms with Crippen LogP contribution in [0, 0.1) is 0 Å². The second-order valence-corrected chi connectivity index (χ2v) is 8.19. The smallest absolute Gasteiger partial charge is 0.199 e. The maximum atomic E-state index is 6.05. The molecule has 4 aromatic rings. The van der Waals surface area contributed by atoms with Gasteiger partial charge in [-0.05, 0) is 54.6 Å².